The molecule has 2 nitrogen and oxygen atoms in total. The first kappa shape index (κ1) is 13.6. The van der Waals surface area contributed by atoms with E-state index in [1.807, 2.05) is 25.2 Å². The van der Waals surface area contributed by atoms with Crippen LogP contribution in [-0.4, -0.2) is 12.0 Å². The zero-order chi connectivity index (χ0) is 13.9. The second kappa shape index (κ2) is 5.92. The van der Waals surface area contributed by atoms with Gasteiger partial charge in [-0.2, -0.15) is 0 Å². The number of rotatable bonds is 4. The number of para-hydroxylation sites is 1. The van der Waals surface area contributed by atoms with Crippen LogP contribution in [-0.2, 0) is 6.54 Å². The molecule has 0 spiro atoms. The smallest absolute Gasteiger partial charge is 0.0780 e. The molecule has 0 atom stereocenters. The average molecular weight is 303 g/mol. The summed E-state index contributed by atoms with van der Waals surface area (Å²) in [7, 11) is 1.92. The van der Waals surface area contributed by atoms with Gasteiger partial charge in [-0.05, 0) is 36.9 Å². The van der Waals surface area contributed by atoms with E-state index in [2.05, 4.69) is 40.6 Å². The lowest BCUT2D eigenvalue weighted by Gasteiger charge is -2.05. The van der Waals surface area contributed by atoms with Crippen molar-refractivity contribution in [1.82, 2.24) is 10.3 Å². The molecule has 0 amide bonds. The van der Waals surface area contributed by atoms with E-state index in [1.165, 1.54) is 5.39 Å². The fourth-order valence-corrected chi connectivity index (χ4v) is 3.38. The molecule has 1 heterocycles. The van der Waals surface area contributed by atoms with Crippen molar-refractivity contribution in [3.63, 3.8) is 0 Å². The first-order valence-corrected chi connectivity index (χ1v) is 7.64. The zero-order valence-corrected chi connectivity index (χ0v) is 12.7. The highest BCUT2D eigenvalue weighted by molar-refractivity contribution is 7.99. The molecule has 0 saturated heterocycles. The summed E-state index contributed by atoms with van der Waals surface area (Å²) in [6.07, 6.45) is 0. The van der Waals surface area contributed by atoms with E-state index in [9.17, 15) is 0 Å². The van der Waals surface area contributed by atoms with E-state index in [0.717, 1.165) is 32.6 Å². The number of aromatic nitrogens is 1. The van der Waals surface area contributed by atoms with Crippen molar-refractivity contribution in [1.29, 1.82) is 0 Å². The first-order valence-electron chi connectivity index (χ1n) is 6.45. The van der Waals surface area contributed by atoms with Crippen LogP contribution >= 0.6 is 23.4 Å². The zero-order valence-electron chi connectivity index (χ0n) is 11.1. The first-order chi connectivity index (χ1) is 9.76. The van der Waals surface area contributed by atoms with Gasteiger partial charge < -0.3 is 10.3 Å². The molecule has 102 valence electrons. The van der Waals surface area contributed by atoms with Crippen molar-refractivity contribution in [2.24, 2.45) is 0 Å². The maximum atomic E-state index is 6.29. The van der Waals surface area contributed by atoms with Gasteiger partial charge in [-0.25, -0.2) is 0 Å². The van der Waals surface area contributed by atoms with Crippen LogP contribution in [0.5, 0.6) is 0 Å². The van der Waals surface area contributed by atoms with Crippen LogP contribution in [0.4, 0.5) is 0 Å². The number of hydrogen-bond acceptors (Lipinski definition) is 2. The van der Waals surface area contributed by atoms with Gasteiger partial charge in [0, 0.05) is 27.4 Å². The number of halogens is 1. The SMILES string of the molecule is CNCc1ccc(Sc2cc3ccccc3[nH]2)cc1Cl. The van der Waals surface area contributed by atoms with Gasteiger partial charge in [-0.15, -0.1) is 0 Å². The fraction of sp³-hybridized carbons (Fsp3) is 0.125. The molecule has 0 fully saturated rings. The lowest BCUT2D eigenvalue weighted by atomic mass is 10.2. The standard InChI is InChI=1S/C16H15ClN2S/c1-18-10-12-6-7-13(9-14(12)17)20-16-8-11-4-2-3-5-15(11)19-16/h2-9,18-19H,10H2,1H3. The summed E-state index contributed by atoms with van der Waals surface area (Å²) in [5.41, 5.74) is 2.28. The van der Waals surface area contributed by atoms with Crippen molar-refractivity contribution < 1.29 is 0 Å². The van der Waals surface area contributed by atoms with E-state index in [1.54, 1.807) is 11.8 Å². The highest BCUT2D eigenvalue weighted by Crippen LogP contribution is 2.32. The minimum Gasteiger partial charge on any atom is -0.349 e. The van der Waals surface area contributed by atoms with Crippen LogP contribution in [0.25, 0.3) is 10.9 Å². The molecular formula is C16H15ClN2S. The van der Waals surface area contributed by atoms with Crippen LogP contribution in [0.15, 0.2) is 58.5 Å². The Morgan fingerprint density at radius 3 is 2.75 bits per heavy atom. The lowest BCUT2D eigenvalue weighted by Crippen LogP contribution is -2.05. The third kappa shape index (κ3) is 2.85. The summed E-state index contributed by atoms with van der Waals surface area (Å²) >= 11 is 7.98. The number of aromatic amines is 1. The Labute approximate surface area is 127 Å². The molecule has 3 rings (SSSR count). The Morgan fingerprint density at radius 1 is 1.15 bits per heavy atom. The van der Waals surface area contributed by atoms with E-state index < -0.39 is 0 Å². The second-order valence-corrected chi connectivity index (χ2v) is 6.13. The lowest BCUT2D eigenvalue weighted by molar-refractivity contribution is 0.817. The second-order valence-electron chi connectivity index (χ2n) is 4.61. The Morgan fingerprint density at radius 2 is 2.00 bits per heavy atom. The fourth-order valence-electron chi connectivity index (χ4n) is 2.15. The number of benzene rings is 2. The Kier molecular flexibility index (Phi) is 4.01. The summed E-state index contributed by atoms with van der Waals surface area (Å²) in [4.78, 5) is 4.55. The predicted octanol–water partition coefficient (Wildman–Crippen LogP) is 4.69. The largest absolute Gasteiger partial charge is 0.349 e. The van der Waals surface area contributed by atoms with Crippen molar-refractivity contribution in [3.05, 3.63) is 59.1 Å². The molecule has 2 N–H and O–H groups in total. The van der Waals surface area contributed by atoms with E-state index in [-0.39, 0.29) is 0 Å². The van der Waals surface area contributed by atoms with Crippen LogP contribution in [0.3, 0.4) is 0 Å². The Balaban J connectivity index is 1.85. The Hall–Kier alpha value is -1.42. The number of hydrogen-bond donors (Lipinski definition) is 2. The molecule has 0 bridgehead atoms. The van der Waals surface area contributed by atoms with Crippen molar-refractivity contribution >= 4 is 34.3 Å². The van der Waals surface area contributed by atoms with Gasteiger partial charge in [0.1, 0.15) is 0 Å². The van der Waals surface area contributed by atoms with Gasteiger partial charge in [0.25, 0.3) is 0 Å². The Bertz CT molecular complexity index is 703. The van der Waals surface area contributed by atoms with Crippen molar-refractivity contribution in [2.75, 3.05) is 7.05 Å². The van der Waals surface area contributed by atoms with Crippen LogP contribution < -0.4 is 5.32 Å². The van der Waals surface area contributed by atoms with Gasteiger partial charge in [-0.3, -0.25) is 0 Å². The average Bonchev–Trinajstić information content (AvgIpc) is 2.84. The maximum absolute atomic E-state index is 6.29. The predicted molar refractivity (Wildman–Crippen MR) is 86.6 cm³/mol. The number of fused-ring (bicyclic) bond motifs is 1. The molecule has 0 aliphatic heterocycles. The molecule has 0 radical (unpaired) electrons. The van der Waals surface area contributed by atoms with Crippen molar-refractivity contribution in [3.8, 4) is 0 Å². The molecular weight excluding hydrogens is 288 g/mol. The van der Waals surface area contributed by atoms with E-state index in [0.29, 0.717) is 0 Å². The summed E-state index contributed by atoms with van der Waals surface area (Å²) in [6, 6.07) is 16.6. The highest BCUT2D eigenvalue weighted by Gasteiger charge is 2.05. The van der Waals surface area contributed by atoms with E-state index >= 15 is 0 Å². The topological polar surface area (TPSA) is 27.8 Å². The van der Waals surface area contributed by atoms with Crippen LogP contribution in [0.2, 0.25) is 5.02 Å². The minimum absolute atomic E-state index is 0.788. The molecule has 2 aromatic carbocycles. The molecule has 4 heteroatoms. The third-order valence-corrected chi connectivity index (χ3v) is 4.41. The number of nitrogens with one attached hydrogen (secondary N) is 2. The molecule has 0 unspecified atom stereocenters. The normalized spacial score (nSPS) is 11.1. The van der Waals surface area contributed by atoms with Gasteiger partial charge in [0.2, 0.25) is 0 Å². The molecule has 0 saturated carbocycles. The summed E-state index contributed by atoms with van der Waals surface area (Å²) in [5, 5.41) is 6.28. The molecule has 3 aromatic rings. The maximum Gasteiger partial charge on any atom is 0.0780 e. The van der Waals surface area contributed by atoms with Crippen molar-refractivity contribution in [2.45, 2.75) is 16.5 Å². The quantitative estimate of drug-likeness (QED) is 0.731. The summed E-state index contributed by atoms with van der Waals surface area (Å²) < 4.78 is 0. The number of H-pyrrole nitrogens is 1. The van der Waals surface area contributed by atoms with E-state index in [4.69, 9.17) is 11.6 Å². The van der Waals surface area contributed by atoms with Gasteiger partial charge in [0.15, 0.2) is 0 Å². The molecule has 0 aliphatic rings. The molecule has 20 heavy (non-hydrogen) atoms. The summed E-state index contributed by atoms with van der Waals surface area (Å²) in [5.74, 6) is 0. The van der Waals surface area contributed by atoms with Crippen LogP contribution in [0, 0.1) is 0 Å². The van der Waals surface area contributed by atoms with Crippen LogP contribution in [0.1, 0.15) is 5.56 Å². The monoisotopic (exact) mass is 302 g/mol. The summed E-state index contributed by atoms with van der Waals surface area (Å²) in [6.45, 7) is 0.788. The van der Waals surface area contributed by atoms with Gasteiger partial charge in [0.05, 0.1) is 5.03 Å². The van der Waals surface area contributed by atoms with Gasteiger partial charge in [-0.1, -0.05) is 47.6 Å². The highest BCUT2D eigenvalue weighted by atomic mass is 35.5. The van der Waals surface area contributed by atoms with Gasteiger partial charge >= 0.3 is 0 Å². The molecule has 0 aliphatic carbocycles. The third-order valence-electron chi connectivity index (χ3n) is 3.12. The minimum atomic E-state index is 0.788. The molecule has 1 aromatic heterocycles.